The topological polar surface area (TPSA) is 65.1 Å². The van der Waals surface area contributed by atoms with Gasteiger partial charge in [-0.25, -0.2) is 0 Å². The van der Waals surface area contributed by atoms with Crippen molar-refractivity contribution in [3.63, 3.8) is 0 Å². The molecular formula is C2H2N4S. The van der Waals surface area contributed by atoms with E-state index in [1.807, 2.05) is 0 Å². The van der Waals surface area contributed by atoms with Gasteiger partial charge in [0.1, 0.15) is 0 Å². The molecule has 0 aliphatic heterocycles. The zero-order valence-corrected chi connectivity index (χ0v) is 4.14. The van der Waals surface area contributed by atoms with Gasteiger partial charge in [0.25, 0.3) is 0 Å². The van der Waals surface area contributed by atoms with Gasteiger partial charge in [-0.15, -0.1) is 0 Å². The van der Waals surface area contributed by atoms with Gasteiger partial charge in [0, 0.05) is 0 Å². The lowest BCUT2D eigenvalue weighted by molar-refractivity contribution is -0.0708. The van der Waals surface area contributed by atoms with E-state index in [2.05, 4.69) is 13.5 Å². The van der Waals surface area contributed by atoms with E-state index in [9.17, 15) is 0 Å². The molecule has 0 spiro atoms. The summed E-state index contributed by atoms with van der Waals surface area (Å²) in [5.74, 6) is 0. The summed E-state index contributed by atoms with van der Waals surface area (Å²) in [7, 11) is 0. The Hall–Kier alpha value is -0.930. The van der Waals surface area contributed by atoms with Gasteiger partial charge in [0.05, 0.1) is 0 Å². The van der Waals surface area contributed by atoms with Gasteiger partial charge in [0.15, 0.2) is 17.9 Å². The highest BCUT2D eigenvalue weighted by molar-refractivity contribution is 6.98. The van der Waals surface area contributed by atoms with Crippen LogP contribution in [0.3, 0.4) is 0 Å². The van der Waals surface area contributed by atoms with Crippen LogP contribution in [0.25, 0.3) is 5.53 Å². The molecule has 0 amide bonds. The lowest BCUT2D eigenvalue weighted by atomic mass is 10.9. The van der Waals surface area contributed by atoms with Crippen molar-refractivity contribution < 1.29 is 4.79 Å². The van der Waals surface area contributed by atoms with Gasteiger partial charge in [-0.05, 0) is 0 Å². The number of aromatic nitrogens is 2. The monoisotopic (exact) mass is 114 g/mol. The van der Waals surface area contributed by atoms with Crippen molar-refractivity contribution >= 4 is 11.7 Å². The number of nitrogens with one attached hydrogen (secondary N) is 1. The zero-order chi connectivity index (χ0) is 5.11. The highest BCUT2D eigenvalue weighted by Gasteiger charge is 1.82. The summed E-state index contributed by atoms with van der Waals surface area (Å²) in [6, 6.07) is 0. The summed E-state index contributed by atoms with van der Waals surface area (Å²) < 4.78 is 6.23. The van der Waals surface area contributed by atoms with Crippen LogP contribution in [0.1, 0.15) is 0 Å². The molecule has 5 heteroatoms. The van der Waals surface area contributed by atoms with Crippen molar-refractivity contribution in [2.45, 2.75) is 0 Å². The second kappa shape index (κ2) is 1.68. The van der Waals surface area contributed by atoms with Gasteiger partial charge in [-0.2, -0.15) is 8.75 Å². The van der Waals surface area contributed by atoms with Crippen molar-refractivity contribution in [2.75, 3.05) is 0 Å². The summed E-state index contributed by atoms with van der Waals surface area (Å²) in [5, 5.41) is 0. The van der Waals surface area contributed by atoms with E-state index in [-0.39, 0.29) is 0 Å². The van der Waals surface area contributed by atoms with Crippen LogP contribution in [0.4, 0.5) is 0 Å². The van der Waals surface area contributed by atoms with E-state index in [4.69, 9.17) is 5.53 Å². The highest BCUT2D eigenvalue weighted by atomic mass is 32.1. The third kappa shape index (κ3) is 0.734. The predicted molar refractivity (Wildman–Crippen MR) is 23.2 cm³/mol. The number of H-pyrrole nitrogens is 1. The lowest BCUT2D eigenvalue weighted by Gasteiger charge is -1.49. The quantitative estimate of drug-likeness (QED) is 0.362. The molecule has 1 aromatic heterocycles. The van der Waals surface area contributed by atoms with Crippen LogP contribution in [-0.4, -0.2) is 13.5 Å². The molecule has 0 aromatic carbocycles. The Morgan fingerprint density at radius 2 is 2.86 bits per heavy atom. The molecule has 1 aromatic rings. The molecular weight excluding hydrogens is 112 g/mol. The number of hydrogen-bond acceptors (Lipinski definition) is 2. The van der Waals surface area contributed by atoms with Crippen molar-refractivity contribution in [2.24, 2.45) is 0 Å². The SMILES string of the molecule is [N-]=[N+]=c1cns[nH]1. The molecule has 0 atom stereocenters. The van der Waals surface area contributed by atoms with Crippen LogP contribution in [0.15, 0.2) is 6.20 Å². The second-order valence-corrected chi connectivity index (χ2v) is 1.51. The first-order chi connectivity index (χ1) is 3.43. The Morgan fingerprint density at radius 1 is 2.00 bits per heavy atom. The second-order valence-electron chi connectivity index (χ2n) is 0.913. The van der Waals surface area contributed by atoms with E-state index in [1.54, 1.807) is 0 Å². The molecule has 0 aliphatic rings. The van der Waals surface area contributed by atoms with Crippen molar-refractivity contribution in [1.29, 1.82) is 0 Å². The maximum absolute atomic E-state index is 7.99. The first-order valence-corrected chi connectivity index (χ1v) is 2.38. The Kier molecular flexibility index (Phi) is 1.02. The largest absolute Gasteiger partial charge is 0.497 e. The molecule has 0 unspecified atom stereocenters. The average Bonchev–Trinajstić information content (AvgIpc) is 2.14. The molecule has 0 saturated carbocycles. The molecule has 36 valence electrons. The van der Waals surface area contributed by atoms with Crippen LogP contribution in [0, 0.1) is 0 Å². The molecule has 0 saturated heterocycles. The average molecular weight is 114 g/mol. The number of nitrogens with zero attached hydrogens (tertiary/aromatic N) is 3. The summed E-state index contributed by atoms with van der Waals surface area (Å²) in [6.07, 6.45) is 1.44. The Balaban J connectivity index is 3.50. The van der Waals surface area contributed by atoms with Gasteiger partial charge < -0.3 is 10.3 Å². The van der Waals surface area contributed by atoms with E-state index in [0.29, 0.717) is 5.49 Å². The van der Waals surface area contributed by atoms with Gasteiger partial charge in [-0.3, -0.25) is 0 Å². The fourth-order valence-corrected chi connectivity index (χ4v) is 0.614. The van der Waals surface area contributed by atoms with Crippen molar-refractivity contribution in [3.05, 3.63) is 17.2 Å². The molecule has 1 heterocycles. The Labute approximate surface area is 43.4 Å². The van der Waals surface area contributed by atoms with E-state index in [0.717, 1.165) is 11.7 Å². The summed E-state index contributed by atoms with van der Waals surface area (Å²) in [5.41, 5.74) is 8.38. The maximum Gasteiger partial charge on any atom is 0.389 e. The fourth-order valence-electron chi connectivity index (χ4n) is 0.222. The van der Waals surface area contributed by atoms with Crippen LogP contribution >= 0.6 is 11.7 Å². The van der Waals surface area contributed by atoms with E-state index in [1.165, 1.54) is 6.20 Å². The number of aromatic amines is 1. The molecule has 0 aliphatic carbocycles. The number of rotatable bonds is 0. The lowest BCUT2D eigenvalue weighted by Crippen LogP contribution is -1.98. The minimum atomic E-state index is 0.394. The first-order valence-electron chi connectivity index (χ1n) is 1.61. The molecule has 7 heavy (non-hydrogen) atoms. The smallest absolute Gasteiger partial charge is 0.389 e. The summed E-state index contributed by atoms with van der Waals surface area (Å²) in [6.45, 7) is 0. The molecule has 4 nitrogen and oxygen atoms in total. The fraction of sp³-hybridized carbons (Fsp3) is 0. The predicted octanol–water partition coefficient (Wildman–Crippen LogP) is -0.398. The van der Waals surface area contributed by atoms with E-state index < -0.39 is 0 Å². The molecule has 1 rings (SSSR count). The first kappa shape index (κ1) is 4.23. The molecule has 0 bridgehead atoms. The highest BCUT2D eigenvalue weighted by Crippen LogP contribution is 1.66. The molecule has 0 radical (unpaired) electrons. The minimum Gasteiger partial charge on any atom is -0.497 e. The number of hydrogen-bond donors (Lipinski definition) is 1. The van der Waals surface area contributed by atoms with E-state index >= 15 is 0 Å². The van der Waals surface area contributed by atoms with Crippen LogP contribution in [-0.2, 0) is 0 Å². The third-order valence-corrected chi connectivity index (χ3v) is 0.997. The third-order valence-electron chi connectivity index (χ3n) is 0.486. The Morgan fingerprint density at radius 3 is 3.14 bits per heavy atom. The van der Waals surface area contributed by atoms with Crippen LogP contribution in [0.2, 0.25) is 0 Å². The van der Waals surface area contributed by atoms with Gasteiger partial charge in [0.2, 0.25) is 0 Å². The van der Waals surface area contributed by atoms with Crippen molar-refractivity contribution in [1.82, 2.24) is 8.75 Å². The standard InChI is InChI=1S/C2H2N4S/c3-5-2-1-4-7-6-2/h1,6H. The molecule has 0 fully saturated rings. The summed E-state index contributed by atoms with van der Waals surface area (Å²) in [4.78, 5) is 2.82. The van der Waals surface area contributed by atoms with Crippen LogP contribution in [0.5, 0.6) is 0 Å². The maximum atomic E-state index is 7.99. The summed E-state index contributed by atoms with van der Waals surface area (Å²) >= 11 is 1.14. The van der Waals surface area contributed by atoms with Crippen molar-refractivity contribution in [3.8, 4) is 0 Å². The zero-order valence-electron chi connectivity index (χ0n) is 3.33. The van der Waals surface area contributed by atoms with Gasteiger partial charge in [-0.1, -0.05) is 0 Å². The van der Waals surface area contributed by atoms with Gasteiger partial charge >= 0.3 is 5.49 Å². The minimum absolute atomic E-state index is 0.394. The van der Waals surface area contributed by atoms with Crippen LogP contribution < -0.4 is 5.49 Å². The Bertz CT molecular complexity index is 199. The molecule has 1 N–H and O–H groups in total. The normalized spacial score (nSPS) is 8.00.